The summed E-state index contributed by atoms with van der Waals surface area (Å²) in [7, 11) is 3.12. The monoisotopic (exact) mass is 574 g/mol. The second-order valence-electron chi connectivity index (χ2n) is 6.79. The van der Waals surface area contributed by atoms with Gasteiger partial charge in [-0.2, -0.15) is 7.11 Å². The van der Waals surface area contributed by atoms with Gasteiger partial charge in [-0.15, -0.1) is 29.1 Å². The molecule has 0 aliphatic heterocycles. The molecule has 3 aromatic carbocycles. The van der Waals surface area contributed by atoms with E-state index in [4.69, 9.17) is 4.98 Å². The summed E-state index contributed by atoms with van der Waals surface area (Å²) in [5, 5.41) is 3.63. The Labute approximate surface area is 191 Å². The summed E-state index contributed by atoms with van der Waals surface area (Å²) in [5.74, 6) is 0.517. The van der Waals surface area contributed by atoms with E-state index in [1.165, 1.54) is 34.7 Å². The second-order valence-corrected chi connectivity index (χ2v) is 6.79. The van der Waals surface area contributed by atoms with Gasteiger partial charge in [0.2, 0.25) is 0 Å². The van der Waals surface area contributed by atoms with Crippen molar-refractivity contribution in [2.24, 2.45) is 0 Å². The van der Waals surface area contributed by atoms with Crippen LogP contribution in [0.3, 0.4) is 0 Å². The number of hydrogen-bond donors (Lipinski definition) is 0. The van der Waals surface area contributed by atoms with Crippen LogP contribution in [-0.4, -0.2) is 10.8 Å². The first-order valence-electron chi connectivity index (χ1n) is 9.36. The largest absolute Gasteiger partial charge is 0.668 e. The van der Waals surface area contributed by atoms with Crippen molar-refractivity contribution in [1.82, 2.24) is 4.98 Å². The Morgan fingerprint density at radius 2 is 1.70 bits per heavy atom. The molecule has 4 aromatic rings. The van der Waals surface area contributed by atoms with Crippen LogP contribution in [0.2, 0.25) is 0 Å². The number of rotatable bonds is 3. The first-order valence-corrected chi connectivity index (χ1v) is 9.36. The number of carbonyl (C=O) groups is 1. The minimum atomic E-state index is -0.0221. The maximum Gasteiger partial charge on any atom is 0.155 e. The fourth-order valence-electron chi connectivity index (χ4n) is 3.18. The number of pyridine rings is 1. The van der Waals surface area contributed by atoms with Gasteiger partial charge in [-0.25, -0.2) is 0 Å². The first kappa shape index (κ1) is 23.5. The van der Waals surface area contributed by atoms with Gasteiger partial charge in [0.05, 0.1) is 11.3 Å². The molecule has 1 aromatic heterocycles. The van der Waals surface area contributed by atoms with Crippen molar-refractivity contribution >= 4 is 27.5 Å². The van der Waals surface area contributed by atoms with E-state index in [0.717, 1.165) is 16.8 Å². The van der Waals surface area contributed by atoms with Crippen LogP contribution < -0.4 is 0 Å². The van der Waals surface area contributed by atoms with Crippen LogP contribution in [0.15, 0.2) is 78.6 Å². The fourth-order valence-corrected chi connectivity index (χ4v) is 3.18. The van der Waals surface area contributed by atoms with Crippen molar-refractivity contribution in [1.29, 1.82) is 0 Å². The smallest absolute Gasteiger partial charge is 0.155 e. The van der Waals surface area contributed by atoms with Gasteiger partial charge < -0.3 is 4.74 Å². The van der Waals surface area contributed by atoms with Crippen LogP contribution in [0.1, 0.15) is 19.4 Å². The molecular weight excluding hydrogens is 551 g/mol. The predicted molar refractivity (Wildman–Crippen MR) is 119 cm³/mol. The summed E-state index contributed by atoms with van der Waals surface area (Å²) in [6.07, 6.45) is 1.38. The van der Waals surface area contributed by atoms with E-state index < -0.39 is 0 Å². The van der Waals surface area contributed by atoms with Gasteiger partial charge in [0, 0.05) is 31.6 Å². The van der Waals surface area contributed by atoms with E-state index >= 15 is 0 Å². The van der Waals surface area contributed by atoms with Gasteiger partial charge in [0.25, 0.3) is 0 Å². The van der Waals surface area contributed by atoms with E-state index in [2.05, 4.69) is 79.4 Å². The van der Waals surface area contributed by atoms with Crippen molar-refractivity contribution < 1.29 is 29.6 Å². The fraction of sp³-hybridized carbons (Fsp3) is 0.115. The SMILES string of the molecule is Cc1cc(-c2[c-]ccc3ccccc23)nc2ccccc12.[CH2-]OC(C)=CC(C)=O.[Ir]. The molecule has 0 unspecified atom stereocenters. The summed E-state index contributed by atoms with van der Waals surface area (Å²) in [6.45, 7) is 5.27. The molecule has 0 atom stereocenters. The third-order valence-electron chi connectivity index (χ3n) is 4.53. The van der Waals surface area contributed by atoms with E-state index in [0.29, 0.717) is 5.76 Å². The van der Waals surface area contributed by atoms with E-state index in [1.54, 1.807) is 6.92 Å². The van der Waals surface area contributed by atoms with Crippen LogP contribution in [0, 0.1) is 20.1 Å². The molecule has 30 heavy (non-hydrogen) atoms. The molecule has 0 amide bonds. The number of ketones is 1. The molecule has 0 aliphatic rings. The quantitative estimate of drug-likeness (QED) is 0.161. The van der Waals surface area contributed by atoms with Crippen LogP contribution in [0.25, 0.3) is 32.9 Å². The number of benzene rings is 3. The number of aryl methyl sites for hydroxylation is 1. The molecule has 0 saturated heterocycles. The number of para-hydroxylation sites is 1. The predicted octanol–water partition coefficient (Wildman–Crippen LogP) is 6.45. The second kappa shape index (κ2) is 10.8. The zero-order valence-electron chi connectivity index (χ0n) is 17.2. The number of carbonyl (C=O) groups excluding carboxylic acids is 1. The van der Waals surface area contributed by atoms with Gasteiger partial charge in [0.15, 0.2) is 5.78 Å². The molecule has 0 bridgehead atoms. The van der Waals surface area contributed by atoms with Crippen LogP contribution in [0.4, 0.5) is 0 Å². The van der Waals surface area contributed by atoms with Crippen molar-refractivity contribution in [3.8, 4) is 11.3 Å². The average Bonchev–Trinajstić information content (AvgIpc) is 2.73. The van der Waals surface area contributed by atoms with Gasteiger partial charge >= 0.3 is 0 Å². The van der Waals surface area contributed by atoms with Gasteiger partial charge in [-0.3, -0.25) is 9.78 Å². The molecule has 0 aliphatic carbocycles. The molecule has 0 fully saturated rings. The Morgan fingerprint density at radius 1 is 1.03 bits per heavy atom. The summed E-state index contributed by atoms with van der Waals surface area (Å²) in [5.41, 5.74) is 4.34. The molecule has 0 saturated carbocycles. The topological polar surface area (TPSA) is 39.2 Å². The third-order valence-corrected chi connectivity index (χ3v) is 4.53. The normalized spacial score (nSPS) is 10.7. The first-order chi connectivity index (χ1) is 14.0. The molecular formula is C26H23IrNO2-2. The zero-order valence-corrected chi connectivity index (χ0v) is 19.6. The number of allylic oxidation sites excluding steroid dienone is 2. The number of fused-ring (bicyclic) bond motifs is 2. The number of nitrogens with zero attached hydrogens (tertiary/aromatic N) is 1. The molecule has 0 spiro atoms. The van der Waals surface area contributed by atoms with Gasteiger partial charge in [-0.05, 0) is 38.1 Å². The van der Waals surface area contributed by atoms with Crippen LogP contribution >= 0.6 is 0 Å². The Hall–Kier alpha value is -2.81. The van der Waals surface area contributed by atoms with Crippen LogP contribution in [0.5, 0.6) is 0 Å². The Kier molecular flexibility index (Phi) is 8.46. The van der Waals surface area contributed by atoms with Crippen molar-refractivity contribution in [3.05, 3.63) is 97.3 Å². The number of aromatic nitrogens is 1. The minimum Gasteiger partial charge on any atom is -0.668 e. The maximum absolute atomic E-state index is 10.2. The van der Waals surface area contributed by atoms with Gasteiger partial charge in [0.1, 0.15) is 0 Å². The molecule has 1 radical (unpaired) electrons. The molecule has 1 heterocycles. The average molecular weight is 574 g/mol. The van der Waals surface area contributed by atoms with Crippen molar-refractivity contribution in [2.45, 2.75) is 20.8 Å². The zero-order chi connectivity index (χ0) is 20.8. The maximum atomic E-state index is 10.2. The Bertz CT molecular complexity index is 1190. The van der Waals surface area contributed by atoms with E-state index in [-0.39, 0.29) is 25.9 Å². The standard InChI is InChI=1S/C20H14N.C6H9O2.Ir/c1-14-13-20(21-19-12-5-4-9-16(14)19)18-11-6-8-15-7-2-3-10-17(15)18;1-5(7)4-6(2)8-3;/h2-10,12-13H,1H3;4H,3H2,1-2H3;/q2*-1;. The van der Waals surface area contributed by atoms with Crippen LogP contribution in [-0.2, 0) is 29.6 Å². The number of hydrogen-bond acceptors (Lipinski definition) is 3. The molecule has 4 heteroatoms. The summed E-state index contributed by atoms with van der Waals surface area (Å²) >= 11 is 0. The van der Waals surface area contributed by atoms with Crippen molar-refractivity contribution in [2.75, 3.05) is 0 Å². The summed E-state index contributed by atoms with van der Waals surface area (Å²) in [6, 6.07) is 26.2. The number of ether oxygens (including phenoxy) is 1. The third kappa shape index (κ3) is 5.62. The van der Waals surface area contributed by atoms with Gasteiger partial charge in [-0.1, -0.05) is 53.9 Å². The Morgan fingerprint density at radius 3 is 2.37 bits per heavy atom. The summed E-state index contributed by atoms with van der Waals surface area (Å²) < 4.78 is 4.45. The molecule has 0 N–H and O–H groups in total. The molecule has 155 valence electrons. The molecule has 4 rings (SSSR count). The van der Waals surface area contributed by atoms with E-state index in [1.807, 2.05) is 12.1 Å². The summed E-state index contributed by atoms with van der Waals surface area (Å²) in [4.78, 5) is 15.1. The molecule has 3 nitrogen and oxygen atoms in total. The Balaban J connectivity index is 0.000000308. The van der Waals surface area contributed by atoms with Crippen molar-refractivity contribution in [3.63, 3.8) is 0 Å². The minimum absolute atomic E-state index is 0. The van der Waals surface area contributed by atoms with E-state index in [9.17, 15) is 4.79 Å².